The van der Waals surface area contributed by atoms with Gasteiger partial charge in [0.15, 0.2) is 6.54 Å². The van der Waals surface area contributed by atoms with Crippen molar-refractivity contribution in [2.24, 2.45) is 0 Å². The van der Waals surface area contributed by atoms with Crippen LogP contribution in [0.25, 0.3) is 0 Å². The molecule has 1 aromatic carbocycles. The van der Waals surface area contributed by atoms with Gasteiger partial charge in [-0.05, 0) is 19.1 Å². The third kappa shape index (κ3) is 5.80. The average molecular weight is 228 g/mol. The van der Waals surface area contributed by atoms with Gasteiger partial charge in [-0.25, -0.2) is 8.42 Å². The summed E-state index contributed by atoms with van der Waals surface area (Å²) in [6.07, 6.45) is 0. The van der Waals surface area contributed by atoms with E-state index >= 15 is 0 Å². The molecule has 0 aliphatic heterocycles. The van der Waals surface area contributed by atoms with E-state index in [0.29, 0.717) is 6.54 Å². The van der Waals surface area contributed by atoms with Crippen molar-refractivity contribution in [3.05, 3.63) is 29.8 Å². The Bertz CT molecular complexity index is 431. The van der Waals surface area contributed by atoms with Gasteiger partial charge in [0.1, 0.15) is 16.2 Å². The van der Waals surface area contributed by atoms with Crippen LogP contribution in [0.4, 0.5) is 0 Å². The second kappa shape index (κ2) is 6.14. The fourth-order valence-corrected chi connectivity index (χ4v) is 1.17. The van der Waals surface area contributed by atoms with Gasteiger partial charge in [-0.3, -0.25) is 0 Å². The van der Waals surface area contributed by atoms with Crippen molar-refractivity contribution in [2.75, 3.05) is 6.54 Å². The van der Waals surface area contributed by atoms with E-state index in [4.69, 9.17) is 5.26 Å². The topological polar surface area (TPSA) is 109 Å². The van der Waals surface area contributed by atoms with Gasteiger partial charge >= 0.3 is 0 Å². The van der Waals surface area contributed by atoms with Crippen LogP contribution in [0.15, 0.2) is 29.2 Å². The lowest BCUT2D eigenvalue weighted by atomic mass is 10.2. The molecule has 0 aliphatic rings. The molecule has 0 atom stereocenters. The monoisotopic (exact) mass is 228 g/mol. The Balaban J connectivity index is 0.000000423. The van der Waals surface area contributed by atoms with Crippen LogP contribution < -0.4 is 5.73 Å². The maximum Gasteiger partial charge on any atom is 0.161 e. The normalized spacial score (nSPS) is 9.73. The second-order valence-corrected chi connectivity index (χ2v) is 4.05. The number of rotatable bonds is 1. The summed E-state index contributed by atoms with van der Waals surface area (Å²) in [5.74, 6) is 0. The first-order valence-corrected chi connectivity index (χ1v) is 5.51. The lowest BCUT2D eigenvalue weighted by molar-refractivity contribution is -0.350. The van der Waals surface area contributed by atoms with Gasteiger partial charge in [0.25, 0.3) is 0 Å². The predicted molar refractivity (Wildman–Crippen MR) is 52.5 cm³/mol. The van der Waals surface area contributed by atoms with Crippen LogP contribution in [-0.4, -0.2) is 19.5 Å². The Morgan fingerprint density at radius 3 is 2.07 bits per heavy atom. The molecule has 0 amide bonds. The van der Waals surface area contributed by atoms with Crippen molar-refractivity contribution >= 4 is 10.1 Å². The van der Waals surface area contributed by atoms with Gasteiger partial charge in [0.2, 0.25) is 0 Å². The molecule has 1 rings (SSSR count). The van der Waals surface area contributed by atoms with E-state index in [9.17, 15) is 13.0 Å². The Hall–Kier alpha value is -1.42. The summed E-state index contributed by atoms with van der Waals surface area (Å²) in [6.45, 7) is 2.20. The number of nitriles is 1. The van der Waals surface area contributed by atoms with Gasteiger partial charge < -0.3 is 10.3 Å². The summed E-state index contributed by atoms with van der Waals surface area (Å²) in [5.41, 5.74) is 4.17. The highest BCUT2D eigenvalue weighted by Gasteiger charge is 1.97. The molecule has 6 heteroatoms. The van der Waals surface area contributed by atoms with Crippen molar-refractivity contribution < 1.29 is 18.7 Å². The predicted octanol–water partition coefficient (Wildman–Crippen LogP) is -0.349. The first kappa shape index (κ1) is 13.6. The highest BCUT2D eigenvalue weighted by molar-refractivity contribution is 7.85. The van der Waals surface area contributed by atoms with Gasteiger partial charge in [0.05, 0.1) is 4.90 Å². The van der Waals surface area contributed by atoms with E-state index in [1.54, 1.807) is 12.1 Å². The van der Waals surface area contributed by atoms with Gasteiger partial charge in [0, 0.05) is 0 Å². The quantitative estimate of drug-likeness (QED) is 0.523. The van der Waals surface area contributed by atoms with Crippen molar-refractivity contribution in [1.29, 1.82) is 5.26 Å². The molecule has 0 saturated heterocycles. The number of quaternary nitrogens is 1. The van der Waals surface area contributed by atoms with Crippen LogP contribution in [0.3, 0.4) is 0 Å². The molecule has 0 bridgehead atoms. The van der Waals surface area contributed by atoms with Crippen LogP contribution in [-0.2, 0) is 10.1 Å². The van der Waals surface area contributed by atoms with Crippen LogP contribution in [0.5, 0.6) is 0 Å². The molecule has 0 unspecified atom stereocenters. The summed E-state index contributed by atoms with van der Waals surface area (Å²) in [7, 11) is -4.27. The Morgan fingerprint density at radius 2 is 1.80 bits per heavy atom. The number of nitrogens with zero attached hydrogens (tertiary/aromatic N) is 1. The number of aryl methyl sites for hydroxylation is 1. The average Bonchev–Trinajstić information content (AvgIpc) is 2.17. The summed E-state index contributed by atoms with van der Waals surface area (Å²) in [5, 5.41) is 7.56. The largest absolute Gasteiger partial charge is 0.744 e. The molecular formula is C9H12N2O3S. The SMILES string of the molecule is Cc1ccc(S(=O)(=O)[O-])cc1.N#CC[NH3+]. The number of benzene rings is 1. The molecule has 0 aliphatic carbocycles. The maximum absolute atomic E-state index is 10.4. The molecule has 0 heterocycles. The van der Waals surface area contributed by atoms with E-state index in [1.807, 2.05) is 13.0 Å². The van der Waals surface area contributed by atoms with Crippen LogP contribution in [0.1, 0.15) is 5.56 Å². The Morgan fingerprint density at radius 1 is 1.40 bits per heavy atom. The molecular weight excluding hydrogens is 216 g/mol. The summed E-state index contributed by atoms with van der Waals surface area (Å²) >= 11 is 0. The molecule has 15 heavy (non-hydrogen) atoms. The molecule has 1 aromatic rings. The van der Waals surface area contributed by atoms with E-state index in [0.717, 1.165) is 5.56 Å². The van der Waals surface area contributed by atoms with Gasteiger partial charge in [-0.1, -0.05) is 17.7 Å². The van der Waals surface area contributed by atoms with E-state index in [1.165, 1.54) is 12.1 Å². The lowest BCUT2D eigenvalue weighted by Crippen LogP contribution is -2.49. The summed E-state index contributed by atoms with van der Waals surface area (Å²) in [6, 6.07) is 7.60. The Labute approximate surface area is 88.9 Å². The van der Waals surface area contributed by atoms with E-state index < -0.39 is 10.1 Å². The zero-order chi connectivity index (χ0) is 11.9. The third-order valence-electron chi connectivity index (χ3n) is 1.42. The first-order chi connectivity index (χ1) is 6.91. The standard InChI is InChI=1S/C7H8O3S.C2H4N2/c1-6-2-4-7(5-3-6)11(8,9)10;3-1-2-4/h2-5H,1H3,(H,8,9,10);1,3H2. The molecule has 3 N–H and O–H groups in total. The minimum atomic E-state index is -4.27. The van der Waals surface area contributed by atoms with Crippen LogP contribution in [0, 0.1) is 18.3 Å². The minimum absolute atomic E-state index is 0.178. The second-order valence-electron chi connectivity index (χ2n) is 2.68. The highest BCUT2D eigenvalue weighted by atomic mass is 32.2. The number of hydrogen-bond donors (Lipinski definition) is 1. The zero-order valence-corrected chi connectivity index (χ0v) is 9.12. The third-order valence-corrected chi connectivity index (χ3v) is 2.27. The molecule has 0 saturated carbocycles. The van der Waals surface area contributed by atoms with Crippen molar-refractivity contribution in [1.82, 2.24) is 0 Å². The molecule has 0 fully saturated rings. The van der Waals surface area contributed by atoms with Crippen molar-refractivity contribution in [2.45, 2.75) is 11.8 Å². The minimum Gasteiger partial charge on any atom is -0.744 e. The molecule has 82 valence electrons. The molecule has 0 aromatic heterocycles. The van der Waals surface area contributed by atoms with Crippen molar-refractivity contribution in [3.8, 4) is 6.07 Å². The van der Waals surface area contributed by atoms with E-state index in [2.05, 4.69) is 5.73 Å². The summed E-state index contributed by atoms with van der Waals surface area (Å²) < 4.78 is 31.2. The van der Waals surface area contributed by atoms with Crippen molar-refractivity contribution in [3.63, 3.8) is 0 Å². The highest BCUT2D eigenvalue weighted by Crippen LogP contribution is 2.08. The number of hydrogen-bond acceptors (Lipinski definition) is 4. The maximum atomic E-state index is 10.4. The fourth-order valence-electron chi connectivity index (χ4n) is 0.705. The van der Waals surface area contributed by atoms with Crippen LogP contribution in [0.2, 0.25) is 0 Å². The molecule has 5 nitrogen and oxygen atoms in total. The lowest BCUT2D eigenvalue weighted by Gasteiger charge is -2.05. The van der Waals surface area contributed by atoms with Gasteiger partial charge in [-0.2, -0.15) is 5.26 Å². The molecule has 0 spiro atoms. The molecule has 0 radical (unpaired) electrons. The van der Waals surface area contributed by atoms with Crippen LogP contribution >= 0.6 is 0 Å². The fraction of sp³-hybridized carbons (Fsp3) is 0.222. The first-order valence-electron chi connectivity index (χ1n) is 4.10. The smallest absolute Gasteiger partial charge is 0.161 e. The van der Waals surface area contributed by atoms with E-state index in [-0.39, 0.29) is 4.90 Å². The Kier molecular flexibility index (Phi) is 5.56. The zero-order valence-electron chi connectivity index (χ0n) is 8.30. The van der Waals surface area contributed by atoms with Gasteiger partial charge in [-0.15, -0.1) is 0 Å². The summed E-state index contributed by atoms with van der Waals surface area (Å²) in [4.78, 5) is -0.178.